The topological polar surface area (TPSA) is 12.0 Å². The highest BCUT2D eigenvalue weighted by Gasteiger charge is 2.41. The predicted octanol–water partition coefficient (Wildman–Crippen LogP) is 2.92. The van der Waals surface area contributed by atoms with Crippen LogP contribution < -0.4 is 5.32 Å². The molecular formula is C12H15N. The van der Waals surface area contributed by atoms with Crippen LogP contribution in [0.5, 0.6) is 0 Å². The van der Waals surface area contributed by atoms with Gasteiger partial charge in [0.2, 0.25) is 0 Å². The minimum absolute atomic E-state index is 0.571. The monoisotopic (exact) mass is 173 g/mol. The van der Waals surface area contributed by atoms with E-state index in [0.29, 0.717) is 5.41 Å². The van der Waals surface area contributed by atoms with Crippen LogP contribution in [0.15, 0.2) is 24.3 Å². The lowest BCUT2D eigenvalue weighted by Gasteiger charge is -2.46. The average Bonchev–Trinajstić information content (AvgIpc) is 2.14. The Balaban J connectivity index is 2.11. The van der Waals surface area contributed by atoms with Gasteiger partial charge >= 0.3 is 0 Å². The van der Waals surface area contributed by atoms with Crippen molar-refractivity contribution in [2.45, 2.75) is 31.1 Å². The minimum atomic E-state index is 0.571. The molecule has 2 aliphatic rings. The first-order valence-electron chi connectivity index (χ1n) is 5.24. The molecule has 1 aliphatic carbocycles. The van der Waals surface area contributed by atoms with E-state index in [0.717, 1.165) is 6.54 Å². The molecule has 1 heterocycles. The van der Waals surface area contributed by atoms with Gasteiger partial charge in [0.1, 0.15) is 0 Å². The van der Waals surface area contributed by atoms with E-state index in [1.807, 2.05) is 0 Å². The standard InChI is InChI=1S/C12H15N/c1-2-5-11-10(4-1)12(6-3-7-12)8-9-13-11/h1-2,4-5,13H,3,6-9H2. The van der Waals surface area contributed by atoms with Gasteiger partial charge in [-0.05, 0) is 36.3 Å². The van der Waals surface area contributed by atoms with Gasteiger partial charge in [0.05, 0.1) is 0 Å². The number of nitrogens with one attached hydrogen (secondary N) is 1. The highest BCUT2D eigenvalue weighted by Crippen LogP contribution is 2.50. The van der Waals surface area contributed by atoms with Crippen LogP contribution in [0.4, 0.5) is 5.69 Å². The van der Waals surface area contributed by atoms with Gasteiger partial charge < -0.3 is 5.32 Å². The molecule has 0 aromatic heterocycles. The zero-order valence-corrected chi connectivity index (χ0v) is 7.84. The summed E-state index contributed by atoms with van der Waals surface area (Å²) < 4.78 is 0. The smallest absolute Gasteiger partial charge is 0.0378 e. The molecule has 1 nitrogen and oxygen atoms in total. The summed E-state index contributed by atoms with van der Waals surface area (Å²) >= 11 is 0. The van der Waals surface area contributed by atoms with E-state index in [1.165, 1.54) is 31.4 Å². The molecule has 1 aliphatic heterocycles. The summed E-state index contributed by atoms with van der Waals surface area (Å²) in [6.07, 6.45) is 5.58. The zero-order chi connectivity index (χ0) is 8.73. The van der Waals surface area contributed by atoms with Gasteiger partial charge in [-0.15, -0.1) is 0 Å². The summed E-state index contributed by atoms with van der Waals surface area (Å²) in [7, 11) is 0. The summed E-state index contributed by atoms with van der Waals surface area (Å²) in [5.41, 5.74) is 3.53. The molecule has 0 amide bonds. The lowest BCUT2D eigenvalue weighted by atomic mass is 9.61. The van der Waals surface area contributed by atoms with Gasteiger partial charge in [-0.25, -0.2) is 0 Å². The normalized spacial score (nSPS) is 23.1. The first-order chi connectivity index (χ1) is 6.41. The van der Waals surface area contributed by atoms with E-state index in [-0.39, 0.29) is 0 Å². The third kappa shape index (κ3) is 0.932. The van der Waals surface area contributed by atoms with Crippen LogP contribution in [0.2, 0.25) is 0 Å². The molecule has 1 aromatic carbocycles. The molecular weight excluding hydrogens is 158 g/mol. The van der Waals surface area contributed by atoms with Crippen molar-refractivity contribution in [3.63, 3.8) is 0 Å². The summed E-state index contributed by atoms with van der Waals surface area (Å²) in [4.78, 5) is 0. The molecule has 0 saturated heterocycles. The van der Waals surface area contributed by atoms with E-state index in [4.69, 9.17) is 0 Å². The molecule has 3 rings (SSSR count). The molecule has 1 fully saturated rings. The third-order valence-electron chi connectivity index (χ3n) is 3.73. The van der Waals surface area contributed by atoms with E-state index in [2.05, 4.69) is 29.6 Å². The van der Waals surface area contributed by atoms with E-state index < -0.39 is 0 Å². The lowest BCUT2D eigenvalue weighted by Crippen LogP contribution is -2.39. The van der Waals surface area contributed by atoms with Crippen LogP contribution in [0.3, 0.4) is 0 Å². The molecule has 0 bridgehead atoms. The number of rotatable bonds is 0. The van der Waals surface area contributed by atoms with E-state index in [1.54, 1.807) is 5.56 Å². The molecule has 68 valence electrons. The predicted molar refractivity (Wildman–Crippen MR) is 55.1 cm³/mol. The number of hydrogen-bond donors (Lipinski definition) is 1. The van der Waals surface area contributed by atoms with Crippen molar-refractivity contribution in [3.8, 4) is 0 Å². The largest absolute Gasteiger partial charge is 0.385 e. The second-order valence-corrected chi connectivity index (χ2v) is 4.36. The average molecular weight is 173 g/mol. The van der Waals surface area contributed by atoms with E-state index in [9.17, 15) is 0 Å². The Bertz CT molecular complexity index is 326. The Kier molecular flexibility index (Phi) is 1.43. The second-order valence-electron chi connectivity index (χ2n) is 4.36. The van der Waals surface area contributed by atoms with Crippen molar-refractivity contribution in [1.82, 2.24) is 0 Å². The van der Waals surface area contributed by atoms with Gasteiger partial charge in [0.25, 0.3) is 0 Å². The quantitative estimate of drug-likeness (QED) is 0.636. The summed E-state index contributed by atoms with van der Waals surface area (Å²) in [5, 5.41) is 3.49. The first kappa shape index (κ1) is 7.43. The van der Waals surface area contributed by atoms with Gasteiger partial charge in [0, 0.05) is 12.2 Å². The van der Waals surface area contributed by atoms with Crippen molar-refractivity contribution in [2.24, 2.45) is 0 Å². The molecule has 13 heavy (non-hydrogen) atoms. The Morgan fingerprint density at radius 2 is 1.92 bits per heavy atom. The van der Waals surface area contributed by atoms with Crippen molar-refractivity contribution in [3.05, 3.63) is 29.8 Å². The number of benzene rings is 1. The van der Waals surface area contributed by atoms with Crippen LogP contribution in [0.25, 0.3) is 0 Å². The van der Waals surface area contributed by atoms with Crippen LogP contribution in [0.1, 0.15) is 31.2 Å². The maximum absolute atomic E-state index is 3.49. The Labute approximate surface area is 79.2 Å². The van der Waals surface area contributed by atoms with Crippen LogP contribution in [-0.2, 0) is 5.41 Å². The Morgan fingerprint density at radius 1 is 1.08 bits per heavy atom. The van der Waals surface area contributed by atoms with Crippen molar-refractivity contribution < 1.29 is 0 Å². The fraction of sp³-hybridized carbons (Fsp3) is 0.500. The molecule has 0 radical (unpaired) electrons. The van der Waals surface area contributed by atoms with Crippen molar-refractivity contribution in [2.75, 3.05) is 11.9 Å². The maximum Gasteiger partial charge on any atom is 0.0378 e. The third-order valence-corrected chi connectivity index (χ3v) is 3.73. The van der Waals surface area contributed by atoms with Gasteiger partial charge in [-0.2, -0.15) is 0 Å². The van der Waals surface area contributed by atoms with Crippen LogP contribution in [0, 0.1) is 0 Å². The minimum Gasteiger partial charge on any atom is -0.385 e. The molecule has 1 heteroatoms. The SMILES string of the molecule is c1ccc2c(c1)NCCC21CCC1. The second kappa shape index (κ2) is 2.50. The van der Waals surface area contributed by atoms with Gasteiger partial charge in [-0.3, -0.25) is 0 Å². The number of hydrogen-bond acceptors (Lipinski definition) is 1. The van der Waals surface area contributed by atoms with Crippen molar-refractivity contribution in [1.29, 1.82) is 0 Å². The fourth-order valence-corrected chi connectivity index (χ4v) is 2.79. The summed E-state index contributed by atoms with van der Waals surface area (Å²) in [6.45, 7) is 1.16. The van der Waals surface area contributed by atoms with Crippen molar-refractivity contribution >= 4 is 5.69 Å². The number of anilines is 1. The molecule has 1 spiro atoms. The van der Waals surface area contributed by atoms with Crippen LogP contribution >= 0.6 is 0 Å². The molecule has 0 atom stereocenters. The summed E-state index contributed by atoms with van der Waals surface area (Å²) in [6, 6.07) is 8.82. The lowest BCUT2D eigenvalue weighted by molar-refractivity contribution is 0.227. The molecule has 0 unspecified atom stereocenters. The highest BCUT2D eigenvalue weighted by molar-refractivity contribution is 5.57. The van der Waals surface area contributed by atoms with Crippen LogP contribution in [-0.4, -0.2) is 6.54 Å². The molecule has 1 N–H and O–H groups in total. The molecule has 1 aromatic rings. The maximum atomic E-state index is 3.49. The molecule has 1 saturated carbocycles. The van der Waals surface area contributed by atoms with Gasteiger partial charge in [-0.1, -0.05) is 24.6 Å². The van der Waals surface area contributed by atoms with E-state index >= 15 is 0 Å². The number of fused-ring (bicyclic) bond motifs is 2. The summed E-state index contributed by atoms with van der Waals surface area (Å²) in [5.74, 6) is 0. The fourth-order valence-electron chi connectivity index (χ4n) is 2.79. The zero-order valence-electron chi connectivity index (χ0n) is 7.84. The first-order valence-corrected chi connectivity index (χ1v) is 5.24. The highest BCUT2D eigenvalue weighted by atomic mass is 14.9. The number of para-hydroxylation sites is 1. The Hall–Kier alpha value is -0.980. The van der Waals surface area contributed by atoms with Gasteiger partial charge in [0.15, 0.2) is 0 Å². The Morgan fingerprint density at radius 3 is 2.69 bits per heavy atom.